The van der Waals surface area contributed by atoms with Crippen LogP contribution in [0.5, 0.6) is 0 Å². The van der Waals surface area contributed by atoms with E-state index in [4.69, 9.17) is 10.5 Å². The molecule has 5 heteroatoms. The van der Waals surface area contributed by atoms with Crippen LogP contribution in [-0.4, -0.2) is 24.3 Å². The van der Waals surface area contributed by atoms with Gasteiger partial charge in [0.2, 0.25) is 0 Å². The normalized spacial score (nSPS) is 29.2. The quantitative estimate of drug-likeness (QED) is 0.791. The Kier molecular flexibility index (Phi) is 3.63. The largest absolute Gasteiger partial charge is 0.373 e. The fourth-order valence-electron chi connectivity index (χ4n) is 3.02. The molecule has 2 aliphatic heterocycles. The Morgan fingerprint density at radius 3 is 2.95 bits per heavy atom. The second-order valence-corrected chi connectivity index (χ2v) is 5.73. The van der Waals surface area contributed by atoms with Crippen molar-refractivity contribution in [1.82, 2.24) is 5.32 Å². The molecule has 1 aromatic rings. The number of nitrogens with two attached hydrogens (primary N) is 1. The van der Waals surface area contributed by atoms with Crippen LogP contribution >= 0.6 is 0 Å². The molecule has 4 unspecified atom stereocenters. The average Bonchev–Trinajstić information content (AvgIpc) is 3.01. The number of hydrogen-bond acceptors (Lipinski definition) is 3. The third-order valence-corrected chi connectivity index (χ3v) is 4.09. The lowest BCUT2D eigenvalue weighted by atomic mass is 9.96. The average molecular weight is 275 g/mol. The Morgan fingerprint density at radius 2 is 2.30 bits per heavy atom. The summed E-state index contributed by atoms with van der Waals surface area (Å²) in [7, 11) is 0. The van der Waals surface area contributed by atoms with E-state index >= 15 is 0 Å². The van der Waals surface area contributed by atoms with Crippen molar-refractivity contribution >= 4 is 11.7 Å². The number of rotatable bonds is 3. The van der Waals surface area contributed by atoms with Gasteiger partial charge in [-0.15, -0.1) is 0 Å². The summed E-state index contributed by atoms with van der Waals surface area (Å²) in [5.41, 5.74) is 7.61. The third kappa shape index (κ3) is 2.78. The van der Waals surface area contributed by atoms with Crippen LogP contribution < -0.4 is 16.4 Å². The van der Waals surface area contributed by atoms with E-state index in [2.05, 4.69) is 10.6 Å². The van der Waals surface area contributed by atoms with Crippen LogP contribution in [0.25, 0.3) is 0 Å². The molecule has 2 heterocycles. The highest BCUT2D eigenvalue weighted by Gasteiger charge is 2.41. The molecule has 2 aliphatic rings. The first-order valence-corrected chi connectivity index (χ1v) is 7.20. The number of fused-ring (bicyclic) bond motifs is 2. The van der Waals surface area contributed by atoms with E-state index in [9.17, 15) is 4.79 Å². The summed E-state index contributed by atoms with van der Waals surface area (Å²) in [5.74, 6) is 0. The van der Waals surface area contributed by atoms with Gasteiger partial charge in [-0.3, -0.25) is 0 Å². The van der Waals surface area contributed by atoms with Crippen LogP contribution in [0.2, 0.25) is 0 Å². The molecule has 2 amide bonds. The van der Waals surface area contributed by atoms with Gasteiger partial charge in [0, 0.05) is 11.7 Å². The number of carbonyl (C=O) groups excluding carboxylic acids is 1. The molecule has 0 saturated carbocycles. The van der Waals surface area contributed by atoms with Crippen molar-refractivity contribution in [2.75, 3.05) is 5.32 Å². The molecule has 0 aliphatic carbocycles. The monoisotopic (exact) mass is 275 g/mol. The highest BCUT2D eigenvalue weighted by atomic mass is 16.5. The van der Waals surface area contributed by atoms with Gasteiger partial charge in [-0.05, 0) is 43.9 Å². The zero-order valence-electron chi connectivity index (χ0n) is 11.6. The maximum absolute atomic E-state index is 12.0. The van der Waals surface area contributed by atoms with E-state index in [1.165, 1.54) is 0 Å². The van der Waals surface area contributed by atoms with Crippen LogP contribution in [0.1, 0.15) is 37.8 Å². The SMILES string of the molecule is CC(N)c1cccc(NC(=O)NC2CC3CCC2O3)c1. The minimum absolute atomic E-state index is 0.0428. The number of amides is 2. The molecule has 3 rings (SSSR count). The van der Waals surface area contributed by atoms with E-state index in [0.29, 0.717) is 6.10 Å². The van der Waals surface area contributed by atoms with Gasteiger partial charge in [0.25, 0.3) is 0 Å². The maximum Gasteiger partial charge on any atom is 0.319 e. The van der Waals surface area contributed by atoms with Gasteiger partial charge in [-0.2, -0.15) is 0 Å². The van der Waals surface area contributed by atoms with Crippen molar-refractivity contribution in [1.29, 1.82) is 0 Å². The van der Waals surface area contributed by atoms with Crippen LogP contribution in [0.3, 0.4) is 0 Å². The second-order valence-electron chi connectivity index (χ2n) is 5.73. The Morgan fingerprint density at radius 1 is 1.45 bits per heavy atom. The van der Waals surface area contributed by atoms with Crippen molar-refractivity contribution in [3.8, 4) is 0 Å². The van der Waals surface area contributed by atoms with Crippen LogP contribution in [-0.2, 0) is 4.74 Å². The van der Waals surface area contributed by atoms with E-state index in [1.54, 1.807) is 0 Å². The molecular weight excluding hydrogens is 254 g/mol. The van der Waals surface area contributed by atoms with Crippen molar-refractivity contribution < 1.29 is 9.53 Å². The number of hydrogen-bond donors (Lipinski definition) is 3. The molecule has 108 valence electrons. The van der Waals surface area contributed by atoms with Gasteiger partial charge in [0.1, 0.15) is 0 Å². The Hall–Kier alpha value is -1.59. The van der Waals surface area contributed by atoms with Crippen LogP contribution in [0.15, 0.2) is 24.3 Å². The molecule has 20 heavy (non-hydrogen) atoms. The molecule has 2 fully saturated rings. The summed E-state index contributed by atoms with van der Waals surface area (Å²) in [6.07, 6.45) is 3.64. The molecule has 1 aromatic carbocycles. The van der Waals surface area contributed by atoms with E-state index in [0.717, 1.165) is 30.5 Å². The lowest BCUT2D eigenvalue weighted by molar-refractivity contribution is 0.0984. The predicted octanol–water partition coefficient (Wildman–Crippen LogP) is 2.15. The molecule has 2 bridgehead atoms. The highest BCUT2D eigenvalue weighted by molar-refractivity contribution is 5.89. The minimum atomic E-state index is -0.173. The van der Waals surface area contributed by atoms with E-state index in [-0.39, 0.29) is 24.2 Å². The fraction of sp³-hybridized carbons (Fsp3) is 0.533. The standard InChI is InChI=1S/C15H21N3O2/c1-9(16)10-3-2-4-11(7-10)17-15(19)18-13-8-12-5-6-14(13)20-12/h2-4,7,9,12-14H,5-6,8,16H2,1H3,(H2,17,18,19). The number of anilines is 1. The maximum atomic E-state index is 12.0. The molecule has 4 atom stereocenters. The van der Waals surface area contributed by atoms with Crippen molar-refractivity contribution in [3.63, 3.8) is 0 Å². The lowest BCUT2D eigenvalue weighted by Crippen LogP contribution is -2.43. The van der Waals surface area contributed by atoms with Crippen LogP contribution in [0, 0.1) is 0 Å². The van der Waals surface area contributed by atoms with E-state index < -0.39 is 0 Å². The van der Waals surface area contributed by atoms with Gasteiger partial charge in [0.15, 0.2) is 0 Å². The Labute approximate surface area is 118 Å². The molecule has 4 N–H and O–H groups in total. The van der Waals surface area contributed by atoms with Crippen LogP contribution in [0.4, 0.5) is 10.5 Å². The summed E-state index contributed by atoms with van der Waals surface area (Å²) >= 11 is 0. The first kappa shape index (κ1) is 13.4. The number of ether oxygens (including phenoxy) is 1. The zero-order valence-corrected chi connectivity index (χ0v) is 11.6. The zero-order chi connectivity index (χ0) is 14.1. The first-order chi connectivity index (χ1) is 9.61. The molecule has 0 spiro atoms. The summed E-state index contributed by atoms with van der Waals surface area (Å²) in [4.78, 5) is 12.0. The lowest BCUT2D eigenvalue weighted by Gasteiger charge is -2.20. The van der Waals surface area contributed by atoms with Gasteiger partial charge >= 0.3 is 6.03 Å². The minimum Gasteiger partial charge on any atom is -0.373 e. The number of carbonyl (C=O) groups is 1. The van der Waals surface area contributed by atoms with Gasteiger partial charge in [0.05, 0.1) is 18.2 Å². The van der Waals surface area contributed by atoms with Crippen molar-refractivity contribution in [3.05, 3.63) is 29.8 Å². The predicted molar refractivity (Wildman–Crippen MR) is 77.5 cm³/mol. The Bertz CT molecular complexity index is 504. The summed E-state index contributed by atoms with van der Waals surface area (Å²) in [6.45, 7) is 1.92. The van der Waals surface area contributed by atoms with E-state index in [1.807, 2.05) is 31.2 Å². The molecule has 0 aromatic heterocycles. The summed E-state index contributed by atoms with van der Waals surface area (Å²) in [6, 6.07) is 7.55. The fourth-order valence-corrected chi connectivity index (χ4v) is 3.02. The smallest absolute Gasteiger partial charge is 0.319 e. The Balaban J connectivity index is 1.57. The third-order valence-electron chi connectivity index (χ3n) is 4.09. The molecule has 5 nitrogen and oxygen atoms in total. The highest BCUT2D eigenvalue weighted by Crippen LogP contribution is 2.34. The van der Waals surface area contributed by atoms with Crippen molar-refractivity contribution in [2.45, 2.75) is 50.5 Å². The topological polar surface area (TPSA) is 76.4 Å². The number of urea groups is 1. The van der Waals surface area contributed by atoms with Crippen molar-refractivity contribution in [2.24, 2.45) is 5.73 Å². The summed E-state index contributed by atoms with van der Waals surface area (Å²) < 4.78 is 5.73. The van der Waals surface area contributed by atoms with Gasteiger partial charge in [-0.1, -0.05) is 12.1 Å². The first-order valence-electron chi connectivity index (χ1n) is 7.20. The number of benzene rings is 1. The molecule has 0 radical (unpaired) electrons. The number of nitrogens with one attached hydrogen (secondary N) is 2. The molecular formula is C15H21N3O2. The van der Waals surface area contributed by atoms with Gasteiger partial charge in [-0.25, -0.2) is 4.79 Å². The van der Waals surface area contributed by atoms with Gasteiger partial charge < -0.3 is 21.1 Å². The summed E-state index contributed by atoms with van der Waals surface area (Å²) in [5, 5.41) is 5.86. The molecule has 2 saturated heterocycles. The second kappa shape index (κ2) is 5.42.